The van der Waals surface area contributed by atoms with Crippen LogP contribution in [0.5, 0.6) is 0 Å². The van der Waals surface area contributed by atoms with Gasteiger partial charge in [0.2, 0.25) is 0 Å². The number of aliphatic carboxylic acids is 1. The van der Waals surface area contributed by atoms with E-state index in [1.807, 2.05) is 17.8 Å². The van der Waals surface area contributed by atoms with E-state index in [1.165, 1.54) is 5.57 Å². The van der Waals surface area contributed by atoms with Gasteiger partial charge in [0.25, 0.3) is 0 Å². The Morgan fingerprint density at radius 3 is 2.28 bits per heavy atom. The second-order valence-corrected chi connectivity index (χ2v) is 18.8. The smallest absolute Gasteiger partial charge is 0.307 e. The monoisotopic (exact) mass is 655 g/mol. The Bertz CT molecular complexity index is 1340. The van der Waals surface area contributed by atoms with Crippen molar-refractivity contribution in [3.63, 3.8) is 0 Å². The molecule has 4 N–H and O–H groups in total. The molecule has 1 heterocycles. The average Bonchev–Trinajstić information content (AvgIpc) is 3.51. The third kappa shape index (κ3) is 5.19. The highest BCUT2D eigenvalue weighted by Crippen LogP contribution is 2.75. The summed E-state index contributed by atoms with van der Waals surface area (Å²) in [6.07, 6.45) is 10.6. The molecule has 0 saturated heterocycles. The van der Waals surface area contributed by atoms with Crippen LogP contribution in [0.4, 0.5) is 0 Å². The zero-order chi connectivity index (χ0) is 35.1. The summed E-state index contributed by atoms with van der Waals surface area (Å²) in [7, 11) is 0. The maximum atomic E-state index is 13.4. The highest BCUT2D eigenvalue weighted by Gasteiger charge is 2.71. The van der Waals surface area contributed by atoms with E-state index in [2.05, 4.69) is 92.5 Å². The van der Waals surface area contributed by atoms with Crippen LogP contribution in [0.25, 0.3) is 0 Å². The van der Waals surface area contributed by atoms with Crippen LogP contribution >= 0.6 is 0 Å². The first-order valence-corrected chi connectivity index (χ1v) is 18.5. The number of nitrogens with two attached hydrogens (primary N) is 1. The lowest BCUT2D eigenvalue weighted by Gasteiger charge is -2.70. The molecule has 0 aromatic carbocycles. The Balaban J connectivity index is 1.63. The van der Waals surface area contributed by atoms with Crippen molar-refractivity contribution in [3.05, 3.63) is 24.0 Å². The number of fused-ring (bicyclic) bond motifs is 5. The summed E-state index contributed by atoms with van der Waals surface area (Å²) in [5.41, 5.74) is 5.92. The fourth-order valence-electron chi connectivity index (χ4n) is 11.9. The maximum Gasteiger partial charge on any atom is 0.307 e. The van der Waals surface area contributed by atoms with Crippen LogP contribution in [0, 0.1) is 62.6 Å². The zero-order valence-electron chi connectivity index (χ0n) is 31.5. The molecule has 12 atom stereocenters. The molecule has 5 rings (SSSR count). The predicted octanol–water partition coefficient (Wildman–Crippen LogP) is 7.54. The fourth-order valence-corrected chi connectivity index (χ4v) is 11.9. The highest BCUT2D eigenvalue weighted by atomic mass is 16.5. The lowest BCUT2D eigenvalue weighted by atomic mass is 9.34. The van der Waals surface area contributed by atoms with E-state index >= 15 is 0 Å². The predicted molar refractivity (Wildman–Crippen MR) is 186 cm³/mol. The summed E-state index contributed by atoms with van der Waals surface area (Å²) in [5, 5.41) is 31.9. The molecule has 0 aliphatic heterocycles. The van der Waals surface area contributed by atoms with E-state index in [-0.39, 0.29) is 46.1 Å². The quantitative estimate of drug-likeness (QED) is 0.235. The number of allylic oxidation sites excluding steroid dienone is 1. The van der Waals surface area contributed by atoms with Gasteiger partial charge in [0.1, 0.15) is 0 Å². The van der Waals surface area contributed by atoms with E-state index < -0.39 is 34.4 Å². The number of hydrogen-bond donors (Lipinski definition) is 3. The second-order valence-electron chi connectivity index (χ2n) is 18.8. The number of ether oxygens (including phenoxy) is 1. The van der Waals surface area contributed by atoms with Crippen molar-refractivity contribution in [1.82, 2.24) is 15.0 Å². The van der Waals surface area contributed by atoms with E-state index in [0.717, 1.165) is 25.7 Å². The third-order valence-corrected chi connectivity index (χ3v) is 15.8. The van der Waals surface area contributed by atoms with E-state index in [1.54, 1.807) is 6.20 Å². The number of aliphatic hydroxyl groups excluding tert-OH is 1. The van der Waals surface area contributed by atoms with Crippen molar-refractivity contribution in [1.29, 1.82) is 0 Å². The standard InChI is InChI=1S/C39H66N4O4/c1-23(2)25(5)35(9)17-18-36(10)27-13-14-30-34(7,8)32(47-22-38(12,40)24(3)4)29(43-20-19-41-42-43)21-39(30,26(6)44)28(27)15-16-37(36,11)31(35)33(45)46/h15,19-20,23-27,29-32,44H,13-14,16-18,21-22,40H2,1-12H3,(H,45,46)/t25-,26+,27+,29-,30+,31-,32+,35-,36-,37+,38+,39+/m1/s1. The molecule has 266 valence electrons. The van der Waals surface area contributed by atoms with Gasteiger partial charge in [-0.3, -0.25) is 4.79 Å². The van der Waals surface area contributed by atoms with Crippen molar-refractivity contribution in [2.75, 3.05) is 6.61 Å². The van der Waals surface area contributed by atoms with Gasteiger partial charge in [-0.1, -0.05) is 86.1 Å². The molecule has 3 saturated carbocycles. The van der Waals surface area contributed by atoms with Crippen molar-refractivity contribution in [2.24, 2.45) is 68.3 Å². The molecular weight excluding hydrogens is 588 g/mol. The first-order chi connectivity index (χ1) is 21.6. The minimum Gasteiger partial charge on any atom is -0.481 e. The lowest BCUT2D eigenvalue weighted by molar-refractivity contribution is -0.216. The van der Waals surface area contributed by atoms with Gasteiger partial charge in [-0.05, 0) is 104 Å². The Kier molecular flexibility index (Phi) is 9.27. The Morgan fingerprint density at radius 2 is 1.74 bits per heavy atom. The van der Waals surface area contributed by atoms with Gasteiger partial charge in [-0.15, -0.1) is 5.10 Å². The number of carbonyl (C=O) groups is 1. The summed E-state index contributed by atoms with van der Waals surface area (Å²) in [4.78, 5) is 13.4. The van der Waals surface area contributed by atoms with Gasteiger partial charge in [0.15, 0.2) is 0 Å². The first-order valence-electron chi connectivity index (χ1n) is 18.5. The SMILES string of the molecule is CC(C)[C@@H](C)[C@@]1(C)CC[C@]2(C)[C@H]3CC[C@H]4C(C)(C)[C@@H](OC[C@](C)(N)C(C)C)[C@H](n5ccnn5)C[C@]4([C@H](C)O)C3=CC[C@@]2(C)[C@@H]1C(=O)O. The van der Waals surface area contributed by atoms with E-state index in [4.69, 9.17) is 10.5 Å². The molecule has 3 fully saturated rings. The van der Waals surface area contributed by atoms with Crippen LogP contribution in [0.2, 0.25) is 0 Å². The molecule has 4 aliphatic carbocycles. The number of aromatic nitrogens is 3. The summed E-state index contributed by atoms with van der Waals surface area (Å²) in [6.45, 7) is 27.1. The van der Waals surface area contributed by atoms with Crippen LogP contribution < -0.4 is 5.73 Å². The van der Waals surface area contributed by atoms with Crippen LogP contribution in [-0.2, 0) is 9.53 Å². The Morgan fingerprint density at radius 1 is 1.09 bits per heavy atom. The molecular formula is C39H66N4O4. The fraction of sp³-hybridized carbons (Fsp3) is 0.872. The van der Waals surface area contributed by atoms with Crippen LogP contribution in [0.3, 0.4) is 0 Å². The summed E-state index contributed by atoms with van der Waals surface area (Å²) in [5.74, 6) is 0.227. The second kappa shape index (κ2) is 11.9. The van der Waals surface area contributed by atoms with Gasteiger partial charge in [0, 0.05) is 17.2 Å². The Hall–Kier alpha value is -1.77. The minimum atomic E-state index is -0.650. The van der Waals surface area contributed by atoms with Gasteiger partial charge < -0.3 is 20.7 Å². The molecule has 0 spiro atoms. The zero-order valence-corrected chi connectivity index (χ0v) is 31.5. The number of aliphatic hydroxyl groups is 1. The van der Waals surface area contributed by atoms with Crippen LogP contribution in [0.15, 0.2) is 24.0 Å². The van der Waals surface area contributed by atoms with E-state index in [9.17, 15) is 15.0 Å². The number of nitrogens with zero attached hydrogens (tertiary/aromatic N) is 3. The number of carboxylic acid groups (broad SMARTS) is 1. The molecule has 0 amide bonds. The summed E-state index contributed by atoms with van der Waals surface area (Å²) in [6, 6.07) is -0.143. The molecule has 47 heavy (non-hydrogen) atoms. The number of carboxylic acids is 1. The van der Waals surface area contributed by atoms with Gasteiger partial charge >= 0.3 is 5.97 Å². The molecule has 8 nitrogen and oxygen atoms in total. The molecule has 1 aromatic rings. The molecule has 0 bridgehead atoms. The minimum absolute atomic E-state index is 0.143. The molecule has 0 unspecified atom stereocenters. The number of hydrogen-bond acceptors (Lipinski definition) is 6. The normalized spacial score (nSPS) is 42.5. The molecule has 1 aromatic heterocycles. The average molecular weight is 655 g/mol. The maximum absolute atomic E-state index is 13.4. The van der Waals surface area contributed by atoms with Gasteiger partial charge in [-0.2, -0.15) is 0 Å². The van der Waals surface area contributed by atoms with Crippen molar-refractivity contribution < 1.29 is 19.7 Å². The topological polar surface area (TPSA) is 123 Å². The van der Waals surface area contributed by atoms with Crippen LogP contribution in [-0.4, -0.2) is 55.5 Å². The lowest BCUT2D eigenvalue weighted by Crippen LogP contribution is -2.67. The third-order valence-electron chi connectivity index (χ3n) is 15.8. The molecule has 4 aliphatic rings. The van der Waals surface area contributed by atoms with Crippen molar-refractivity contribution >= 4 is 5.97 Å². The van der Waals surface area contributed by atoms with Crippen molar-refractivity contribution in [2.45, 2.75) is 145 Å². The molecule has 8 heteroatoms. The summed E-state index contributed by atoms with van der Waals surface area (Å²) >= 11 is 0. The first kappa shape index (κ1) is 36.5. The summed E-state index contributed by atoms with van der Waals surface area (Å²) < 4.78 is 8.87. The number of rotatable bonds is 9. The highest BCUT2D eigenvalue weighted by molar-refractivity contribution is 5.73. The van der Waals surface area contributed by atoms with Crippen LogP contribution in [0.1, 0.15) is 128 Å². The van der Waals surface area contributed by atoms with Gasteiger partial charge in [0.05, 0.1) is 37.0 Å². The largest absolute Gasteiger partial charge is 0.481 e. The van der Waals surface area contributed by atoms with Gasteiger partial charge in [-0.25, -0.2) is 4.68 Å². The molecule has 0 radical (unpaired) electrons. The Labute approximate surface area is 284 Å². The van der Waals surface area contributed by atoms with E-state index in [0.29, 0.717) is 31.3 Å². The van der Waals surface area contributed by atoms with Crippen molar-refractivity contribution in [3.8, 4) is 0 Å².